The van der Waals surface area contributed by atoms with E-state index in [1.165, 1.54) is 6.92 Å². The van der Waals surface area contributed by atoms with Crippen LogP contribution in [0.15, 0.2) is 24.3 Å². The molecular weight excluding hydrogens is 252 g/mol. The van der Waals surface area contributed by atoms with E-state index in [0.717, 1.165) is 24.1 Å². The molecule has 18 heavy (non-hydrogen) atoms. The molecule has 4 N–H and O–H groups in total. The molecule has 1 aromatic carbocycles. The Hall–Kier alpha value is -1.10. The van der Waals surface area contributed by atoms with Gasteiger partial charge in [-0.25, -0.2) is 0 Å². The zero-order valence-corrected chi connectivity index (χ0v) is 11.1. The van der Waals surface area contributed by atoms with Crippen LogP contribution in [-0.2, 0) is 4.79 Å². The molecule has 5 heteroatoms. The van der Waals surface area contributed by atoms with Crippen molar-refractivity contribution in [2.45, 2.75) is 31.9 Å². The summed E-state index contributed by atoms with van der Waals surface area (Å²) in [5.41, 5.74) is 7.64. The lowest BCUT2D eigenvalue weighted by molar-refractivity contribution is -0.114. The highest BCUT2D eigenvalue weighted by Crippen LogP contribution is 2.37. The van der Waals surface area contributed by atoms with Crippen molar-refractivity contribution >= 4 is 24.0 Å². The van der Waals surface area contributed by atoms with Gasteiger partial charge in [0.25, 0.3) is 0 Å². The van der Waals surface area contributed by atoms with Gasteiger partial charge in [0.05, 0.1) is 12.1 Å². The molecule has 0 aliphatic heterocycles. The Morgan fingerprint density at radius 1 is 1.39 bits per heavy atom. The number of anilines is 1. The Balaban J connectivity index is 0.00000162. The Morgan fingerprint density at radius 2 is 1.94 bits per heavy atom. The fraction of sp³-hybridized carbons (Fsp3) is 0.462. The van der Waals surface area contributed by atoms with Gasteiger partial charge in [0.2, 0.25) is 5.91 Å². The first-order chi connectivity index (χ1) is 8.08. The van der Waals surface area contributed by atoms with Gasteiger partial charge in [-0.2, -0.15) is 0 Å². The molecule has 0 unspecified atom stereocenters. The summed E-state index contributed by atoms with van der Waals surface area (Å²) in [5, 5.41) is 12.6. The van der Waals surface area contributed by atoms with Gasteiger partial charge in [-0.1, -0.05) is 12.1 Å². The van der Waals surface area contributed by atoms with E-state index in [-0.39, 0.29) is 24.4 Å². The molecular formula is C13H19ClN2O2. The van der Waals surface area contributed by atoms with Crippen LogP contribution in [0.1, 0.15) is 31.4 Å². The van der Waals surface area contributed by atoms with Crippen LogP contribution in [0.25, 0.3) is 0 Å². The Kier molecular flexibility index (Phi) is 5.14. The summed E-state index contributed by atoms with van der Waals surface area (Å²) in [6, 6.07) is 6.96. The maximum Gasteiger partial charge on any atom is 0.221 e. The minimum absolute atomic E-state index is 0. The monoisotopic (exact) mass is 270 g/mol. The minimum Gasteiger partial charge on any atom is -0.391 e. The second-order valence-electron chi connectivity index (χ2n) is 4.66. The van der Waals surface area contributed by atoms with Gasteiger partial charge < -0.3 is 16.2 Å². The number of nitrogens with one attached hydrogen (secondary N) is 1. The van der Waals surface area contributed by atoms with E-state index in [0.29, 0.717) is 5.92 Å². The summed E-state index contributed by atoms with van der Waals surface area (Å²) in [6.07, 6.45) is 1.68. The number of rotatable bonds is 4. The van der Waals surface area contributed by atoms with Crippen molar-refractivity contribution in [1.29, 1.82) is 0 Å². The second-order valence-corrected chi connectivity index (χ2v) is 4.66. The number of nitrogens with two attached hydrogens (primary N) is 1. The van der Waals surface area contributed by atoms with Gasteiger partial charge in [-0.3, -0.25) is 4.79 Å². The number of hydrogen-bond donors (Lipinski definition) is 3. The third kappa shape index (κ3) is 3.70. The molecule has 1 aliphatic carbocycles. The summed E-state index contributed by atoms with van der Waals surface area (Å²) < 4.78 is 0. The maximum atomic E-state index is 10.9. The number of carbonyl (C=O) groups excluding carboxylic acids is 1. The van der Waals surface area contributed by atoms with Crippen LogP contribution in [0.2, 0.25) is 0 Å². The number of halogens is 1. The van der Waals surface area contributed by atoms with Crippen LogP contribution in [-0.4, -0.2) is 17.1 Å². The largest absolute Gasteiger partial charge is 0.391 e. The minimum atomic E-state index is -0.457. The summed E-state index contributed by atoms with van der Waals surface area (Å²) in [5.74, 6) is 0.264. The predicted molar refractivity (Wildman–Crippen MR) is 73.7 cm³/mol. The van der Waals surface area contributed by atoms with E-state index in [1.807, 2.05) is 12.1 Å². The van der Waals surface area contributed by atoms with Gasteiger partial charge in [0, 0.05) is 12.6 Å². The van der Waals surface area contributed by atoms with Crippen LogP contribution in [0.3, 0.4) is 0 Å². The zero-order chi connectivity index (χ0) is 12.4. The first-order valence-electron chi connectivity index (χ1n) is 5.89. The van der Waals surface area contributed by atoms with Gasteiger partial charge in [0.1, 0.15) is 0 Å². The summed E-state index contributed by atoms with van der Waals surface area (Å²) in [4.78, 5) is 10.9. The maximum absolute atomic E-state index is 10.9. The van der Waals surface area contributed by atoms with Crippen molar-refractivity contribution in [3.8, 4) is 0 Å². The molecule has 1 saturated carbocycles. The lowest BCUT2D eigenvalue weighted by atomic mass is 9.99. The molecule has 0 bridgehead atoms. The fourth-order valence-electron chi connectivity index (χ4n) is 1.92. The van der Waals surface area contributed by atoms with E-state index in [4.69, 9.17) is 5.73 Å². The highest BCUT2D eigenvalue weighted by atomic mass is 35.5. The van der Waals surface area contributed by atoms with Gasteiger partial charge in [0.15, 0.2) is 0 Å². The first-order valence-corrected chi connectivity index (χ1v) is 5.89. The normalized spacial score (nSPS) is 17.5. The number of amides is 1. The van der Waals surface area contributed by atoms with E-state index in [9.17, 15) is 9.90 Å². The first kappa shape index (κ1) is 15.0. The molecule has 0 aromatic heterocycles. The Bertz CT molecular complexity index is 404. The van der Waals surface area contributed by atoms with Crippen molar-refractivity contribution in [2.24, 2.45) is 11.7 Å². The average molecular weight is 271 g/mol. The van der Waals surface area contributed by atoms with E-state index >= 15 is 0 Å². The van der Waals surface area contributed by atoms with Crippen molar-refractivity contribution in [3.63, 3.8) is 0 Å². The van der Waals surface area contributed by atoms with Crippen molar-refractivity contribution in [3.05, 3.63) is 29.8 Å². The van der Waals surface area contributed by atoms with Crippen LogP contribution >= 0.6 is 12.4 Å². The standard InChI is InChI=1S/C13H18N2O2.ClH/c1-8(16)15-11-6-4-9(5-7-11)12(14)13(17)10-2-3-10;/h4-7,10,12-13,17H,2-3,14H2,1H3,(H,15,16);1H/t12-,13+;/m1./s1. The topological polar surface area (TPSA) is 75.4 Å². The highest BCUT2D eigenvalue weighted by Gasteiger charge is 2.34. The molecule has 1 fully saturated rings. The van der Waals surface area contributed by atoms with Gasteiger partial charge in [-0.15, -0.1) is 12.4 Å². The third-order valence-electron chi connectivity index (χ3n) is 3.09. The second kappa shape index (κ2) is 6.18. The number of benzene rings is 1. The molecule has 1 aromatic rings. The molecule has 4 nitrogen and oxygen atoms in total. The van der Waals surface area contributed by atoms with Gasteiger partial charge >= 0.3 is 0 Å². The van der Waals surface area contributed by atoms with E-state index < -0.39 is 6.10 Å². The molecule has 0 heterocycles. The molecule has 2 rings (SSSR count). The Morgan fingerprint density at radius 3 is 2.39 bits per heavy atom. The zero-order valence-electron chi connectivity index (χ0n) is 10.3. The van der Waals surface area contributed by atoms with Crippen LogP contribution in [0.5, 0.6) is 0 Å². The van der Waals surface area contributed by atoms with Crippen LogP contribution in [0, 0.1) is 5.92 Å². The molecule has 100 valence electrons. The van der Waals surface area contributed by atoms with Crippen LogP contribution < -0.4 is 11.1 Å². The molecule has 0 spiro atoms. The molecule has 0 saturated heterocycles. The average Bonchev–Trinajstić information content (AvgIpc) is 3.11. The summed E-state index contributed by atoms with van der Waals surface area (Å²) >= 11 is 0. The lowest BCUT2D eigenvalue weighted by Crippen LogP contribution is -2.27. The third-order valence-corrected chi connectivity index (χ3v) is 3.09. The van der Waals surface area contributed by atoms with Crippen molar-refractivity contribution in [2.75, 3.05) is 5.32 Å². The van der Waals surface area contributed by atoms with E-state index in [2.05, 4.69) is 5.32 Å². The lowest BCUT2D eigenvalue weighted by Gasteiger charge is -2.19. The number of aliphatic hydroxyl groups excluding tert-OH is 1. The quantitative estimate of drug-likeness (QED) is 0.781. The fourth-order valence-corrected chi connectivity index (χ4v) is 1.92. The molecule has 0 radical (unpaired) electrons. The number of carbonyl (C=O) groups is 1. The molecule has 1 aliphatic rings. The highest BCUT2D eigenvalue weighted by molar-refractivity contribution is 5.88. The number of hydrogen-bond acceptors (Lipinski definition) is 3. The van der Waals surface area contributed by atoms with Gasteiger partial charge in [-0.05, 0) is 36.5 Å². The van der Waals surface area contributed by atoms with Crippen molar-refractivity contribution in [1.82, 2.24) is 0 Å². The Labute approximate surface area is 113 Å². The van der Waals surface area contributed by atoms with E-state index in [1.54, 1.807) is 12.1 Å². The SMILES string of the molecule is CC(=O)Nc1ccc([C@@H](N)[C@@H](O)C2CC2)cc1.Cl. The predicted octanol–water partition coefficient (Wildman–Crippen LogP) is 1.84. The molecule has 1 amide bonds. The summed E-state index contributed by atoms with van der Waals surface area (Å²) in [7, 11) is 0. The van der Waals surface area contributed by atoms with Crippen molar-refractivity contribution < 1.29 is 9.90 Å². The smallest absolute Gasteiger partial charge is 0.221 e. The van der Waals surface area contributed by atoms with Crippen LogP contribution in [0.4, 0.5) is 5.69 Å². The summed E-state index contributed by atoms with van der Waals surface area (Å²) in [6.45, 7) is 1.47. The molecule has 2 atom stereocenters. The number of aliphatic hydroxyl groups is 1.